The summed E-state index contributed by atoms with van der Waals surface area (Å²) in [6.07, 6.45) is 7.44. The molecule has 0 spiro atoms. The van der Waals surface area contributed by atoms with E-state index in [1.807, 2.05) is 0 Å². The lowest BCUT2D eigenvalue weighted by atomic mass is 9.84. The zero-order chi connectivity index (χ0) is 9.00. The number of aliphatic hydroxyl groups excluding tert-OH is 2. The van der Waals surface area contributed by atoms with Gasteiger partial charge in [0.25, 0.3) is 0 Å². The van der Waals surface area contributed by atoms with Crippen molar-refractivity contribution in [3.05, 3.63) is 23.8 Å². The fourth-order valence-electron chi connectivity index (χ4n) is 3.32. The molecule has 3 aliphatic carbocycles. The van der Waals surface area contributed by atoms with E-state index in [0.29, 0.717) is 23.7 Å². The predicted molar refractivity (Wildman–Crippen MR) is 48.9 cm³/mol. The Morgan fingerprint density at radius 3 is 2.77 bits per heavy atom. The summed E-state index contributed by atoms with van der Waals surface area (Å²) in [5.74, 6) is 2.07. The molecule has 70 valence electrons. The average Bonchev–Trinajstić information content (AvgIpc) is 2.76. The van der Waals surface area contributed by atoms with E-state index in [-0.39, 0.29) is 12.7 Å². The molecule has 0 radical (unpaired) electrons. The lowest BCUT2D eigenvalue weighted by Crippen LogP contribution is -2.26. The van der Waals surface area contributed by atoms with Crippen molar-refractivity contribution in [3.8, 4) is 0 Å². The van der Waals surface area contributed by atoms with E-state index in [9.17, 15) is 5.11 Å². The van der Waals surface area contributed by atoms with Crippen molar-refractivity contribution in [1.82, 2.24) is 0 Å². The molecule has 1 fully saturated rings. The summed E-state index contributed by atoms with van der Waals surface area (Å²) in [6, 6.07) is 0. The van der Waals surface area contributed by atoms with Crippen molar-refractivity contribution in [2.45, 2.75) is 12.5 Å². The van der Waals surface area contributed by atoms with Gasteiger partial charge in [-0.3, -0.25) is 0 Å². The standard InChI is InChI=1S/C11H14O2/c12-5-8-4-9-6-1-2-7(3-6)10(9)11(8)13/h1-2,4,6-7,9-13H,3,5H2/t6-,7+,9+,10-,11-/m0/s1. The number of fused-ring (bicyclic) bond motifs is 5. The quantitative estimate of drug-likeness (QED) is 0.581. The first-order chi connectivity index (χ1) is 6.31. The largest absolute Gasteiger partial charge is 0.392 e. The van der Waals surface area contributed by atoms with E-state index in [4.69, 9.17) is 5.11 Å². The van der Waals surface area contributed by atoms with Gasteiger partial charge in [-0.15, -0.1) is 0 Å². The van der Waals surface area contributed by atoms with E-state index in [0.717, 1.165) is 5.57 Å². The molecule has 1 saturated carbocycles. The maximum atomic E-state index is 9.92. The molecular weight excluding hydrogens is 164 g/mol. The SMILES string of the molecule is OCC1=C[C@H]2[C@H]([C@@H]3C=C[C@H]2C3)[C@H]1O. The van der Waals surface area contributed by atoms with Crippen LogP contribution < -0.4 is 0 Å². The molecule has 0 aromatic rings. The molecule has 0 aliphatic heterocycles. The molecule has 0 heterocycles. The summed E-state index contributed by atoms with van der Waals surface area (Å²) >= 11 is 0. The van der Waals surface area contributed by atoms with E-state index in [1.165, 1.54) is 6.42 Å². The van der Waals surface area contributed by atoms with Gasteiger partial charge in [0.15, 0.2) is 0 Å². The van der Waals surface area contributed by atoms with Gasteiger partial charge in [-0.05, 0) is 29.7 Å². The molecule has 0 saturated heterocycles. The van der Waals surface area contributed by atoms with Gasteiger partial charge in [0.2, 0.25) is 0 Å². The zero-order valence-corrected chi connectivity index (χ0v) is 7.43. The maximum absolute atomic E-state index is 9.92. The minimum atomic E-state index is -0.380. The lowest BCUT2D eigenvalue weighted by Gasteiger charge is -2.23. The van der Waals surface area contributed by atoms with Gasteiger partial charge in [-0.2, -0.15) is 0 Å². The fourth-order valence-corrected chi connectivity index (χ4v) is 3.32. The van der Waals surface area contributed by atoms with Crippen LogP contribution in [0, 0.1) is 23.7 Å². The van der Waals surface area contributed by atoms with Crippen molar-refractivity contribution in [2.75, 3.05) is 6.61 Å². The van der Waals surface area contributed by atoms with E-state index in [1.54, 1.807) is 0 Å². The fraction of sp³-hybridized carbons (Fsp3) is 0.636. The number of rotatable bonds is 1. The third-order valence-corrected chi connectivity index (χ3v) is 3.92. The molecule has 3 rings (SSSR count). The van der Waals surface area contributed by atoms with Crippen LogP contribution in [0.2, 0.25) is 0 Å². The average molecular weight is 178 g/mol. The first-order valence-electron chi connectivity index (χ1n) is 4.99. The van der Waals surface area contributed by atoms with Crippen molar-refractivity contribution < 1.29 is 10.2 Å². The highest BCUT2D eigenvalue weighted by Gasteiger charge is 2.50. The van der Waals surface area contributed by atoms with Crippen molar-refractivity contribution in [2.24, 2.45) is 23.7 Å². The van der Waals surface area contributed by atoms with E-state index in [2.05, 4.69) is 18.2 Å². The number of aliphatic hydroxyl groups is 2. The van der Waals surface area contributed by atoms with Gasteiger partial charge in [0.05, 0.1) is 12.7 Å². The molecule has 2 nitrogen and oxygen atoms in total. The van der Waals surface area contributed by atoms with Crippen LogP contribution >= 0.6 is 0 Å². The van der Waals surface area contributed by atoms with Crippen LogP contribution in [0.4, 0.5) is 0 Å². The molecular formula is C11H14O2. The van der Waals surface area contributed by atoms with Crippen LogP contribution in [0.3, 0.4) is 0 Å². The zero-order valence-electron chi connectivity index (χ0n) is 7.43. The number of hydrogen-bond donors (Lipinski definition) is 2. The topological polar surface area (TPSA) is 40.5 Å². The highest BCUT2D eigenvalue weighted by Crippen LogP contribution is 2.54. The first kappa shape index (κ1) is 7.77. The first-order valence-corrected chi connectivity index (χ1v) is 4.99. The Kier molecular flexibility index (Phi) is 1.47. The number of hydrogen-bond acceptors (Lipinski definition) is 2. The van der Waals surface area contributed by atoms with Crippen LogP contribution in [-0.2, 0) is 0 Å². The third-order valence-electron chi connectivity index (χ3n) is 3.92. The van der Waals surface area contributed by atoms with Crippen LogP contribution in [0.15, 0.2) is 23.8 Å². The Morgan fingerprint density at radius 1 is 1.31 bits per heavy atom. The Morgan fingerprint density at radius 2 is 2.08 bits per heavy atom. The summed E-state index contributed by atoms with van der Waals surface area (Å²) in [6.45, 7) is 0.0214. The monoisotopic (exact) mass is 178 g/mol. The molecule has 13 heavy (non-hydrogen) atoms. The second-order valence-electron chi connectivity index (χ2n) is 4.45. The number of allylic oxidation sites excluding steroid dienone is 3. The lowest BCUT2D eigenvalue weighted by molar-refractivity contribution is 0.113. The van der Waals surface area contributed by atoms with Gasteiger partial charge >= 0.3 is 0 Å². The normalized spacial score (nSPS) is 51.2. The maximum Gasteiger partial charge on any atom is 0.0811 e. The highest BCUT2D eigenvalue weighted by atomic mass is 16.3. The summed E-state index contributed by atoms with van der Waals surface area (Å²) in [4.78, 5) is 0. The molecule has 2 heteroatoms. The molecule has 2 bridgehead atoms. The van der Waals surface area contributed by atoms with Gasteiger partial charge in [0.1, 0.15) is 0 Å². The van der Waals surface area contributed by atoms with Crippen molar-refractivity contribution in [1.29, 1.82) is 0 Å². The predicted octanol–water partition coefficient (Wildman–Crippen LogP) is 0.718. The Hall–Kier alpha value is -0.600. The van der Waals surface area contributed by atoms with E-state index >= 15 is 0 Å². The van der Waals surface area contributed by atoms with Crippen molar-refractivity contribution >= 4 is 0 Å². The minimum Gasteiger partial charge on any atom is -0.392 e. The summed E-state index contributed by atoms with van der Waals surface area (Å²) in [5.41, 5.74) is 0.841. The molecule has 0 amide bonds. The molecule has 2 N–H and O–H groups in total. The molecule has 0 aromatic carbocycles. The van der Waals surface area contributed by atoms with Gasteiger partial charge in [0, 0.05) is 5.92 Å². The van der Waals surface area contributed by atoms with Gasteiger partial charge < -0.3 is 10.2 Å². The van der Waals surface area contributed by atoms with Crippen LogP contribution in [0.5, 0.6) is 0 Å². The summed E-state index contributed by atoms with van der Waals surface area (Å²) in [7, 11) is 0. The second kappa shape index (κ2) is 2.46. The third kappa shape index (κ3) is 0.851. The van der Waals surface area contributed by atoms with Gasteiger partial charge in [-0.1, -0.05) is 18.2 Å². The minimum absolute atomic E-state index is 0.0214. The van der Waals surface area contributed by atoms with Gasteiger partial charge in [-0.25, -0.2) is 0 Å². The summed E-state index contributed by atoms with van der Waals surface area (Å²) in [5, 5.41) is 19.0. The second-order valence-corrected chi connectivity index (χ2v) is 4.45. The molecule has 5 atom stereocenters. The van der Waals surface area contributed by atoms with Crippen LogP contribution in [0.25, 0.3) is 0 Å². The molecule has 0 unspecified atom stereocenters. The Balaban J connectivity index is 1.95. The Bertz CT molecular complexity index is 292. The highest BCUT2D eigenvalue weighted by molar-refractivity contribution is 5.30. The van der Waals surface area contributed by atoms with E-state index < -0.39 is 0 Å². The molecule has 0 aromatic heterocycles. The molecule has 3 aliphatic rings. The Labute approximate surface area is 77.6 Å². The summed E-state index contributed by atoms with van der Waals surface area (Å²) < 4.78 is 0. The smallest absolute Gasteiger partial charge is 0.0811 e. The van der Waals surface area contributed by atoms with Crippen LogP contribution in [0.1, 0.15) is 6.42 Å². The van der Waals surface area contributed by atoms with Crippen molar-refractivity contribution in [3.63, 3.8) is 0 Å². The van der Waals surface area contributed by atoms with Crippen LogP contribution in [-0.4, -0.2) is 22.9 Å².